The van der Waals surface area contributed by atoms with Crippen molar-refractivity contribution in [2.45, 2.75) is 72.5 Å². The lowest BCUT2D eigenvalue weighted by molar-refractivity contribution is 0.197. The van der Waals surface area contributed by atoms with Gasteiger partial charge < -0.3 is 15.5 Å². The summed E-state index contributed by atoms with van der Waals surface area (Å²) in [7, 11) is 0. The third-order valence-electron chi connectivity index (χ3n) is 5.71. The average Bonchev–Trinajstić information content (AvgIpc) is 3.17. The summed E-state index contributed by atoms with van der Waals surface area (Å²) < 4.78 is 0. The van der Waals surface area contributed by atoms with E-state index in [2.05, 4.69) is 66.5 Å². The van der Waals surface area contributed by atoms with E-state index in [0.717, 1.165) is 45.2 Å². The predicted octanol–water partition coefficient (Wildman–Crippen LogP) is 3.56. The van der Waals surface area contributed by atoms with Crippen LogP contribution in [0.4, 0.5) is 0 Å². The Bertz CT molecular complexity index is 581. The average molecular weight is 408 g/mol. The van der Waals surface area contributed by atoms with Crippen LogP contribution in [0.5, 0.6) is 0 Å². The Hall–Kier alpha value is -1.11. The fraction of sp³-hybridized carbons (Fsp3) is 0.773. The lowest BCUT2D eigenvalue weighted by Gasteiger charge is -2.31. The van der Waals surface area contributed by atoms with Crippen molar-refractivity contribution in [1.29, 1.82) is 0 Å². The number of guanidine groups is 1. The van der Waals surface area contributed by atoms with Gasteiger partial charge in [-0.15, -0.1) is 11.3 Å². The Morgan fingerprint density at radius 3 is 2.79 bits per heavy atom. The molecule has 0 radical (unpaired) electrons. The molecule has 5 nitrogen and oxygen atoms in total. The molecular weight excluding hydrogens is 366 g/mol. The van der Waals surface area contributed by atoms with Crippen molar-refractivity contribution < 1.29 is 0 Å². The number of thiophene rings is 1. The van der Waals surface area contributed by atoms with E-state index in [1.54, 1.807) is 4.88 Å². The molecule has 1 aromatic rings. The van der Waals surface area contributed by atoms with Crippen molar-refractivity contribution in [3.63, 3.8) is 0 Å². The molecule has 160 valence electrons. The lowest BCUT2D eigenvalue weighted by atomic mass is 10.1. The van der Waals surface area contributed by atoms with E-state index in [-0.39, 0.29) is 0 Å². The topological polar surface area (TPSA) is 42.9 Å². The fourth-order valence-corrected chi connectivity index (χ4v) is 4.66. The van der Waals surface area contributed by atoms with E-state index in [1.165, 1.54) is 31.4 Å². The van der Waals surface area contributed by atoms with Crippen LogP contribution in [0.15, 0.2) is 16.4 Å². The van der Waals surface area contributed by atoms with Crippen LogP contribution in [0.3, 0.4) is 0 Å². The van der Waals surface area contributed by atoms with Crippen molar-refractivity contribution in [1.82, 2.24) is 20.4 Å². The lowest BCUT2D eigenvalue weighted by Crippen LogP contribution is -2.44. The van der Waals surface area contributed by atoms with E-state index in [9.17, 15) is 0 Å². The molecule has 0 bridgehead atoms. The van der Waals surface area contributed by atoms with Gasteiger partial charge in [-0.05, 0) is 76.7 Å². The van der Waals surface area contributed by atoms with Crippen molar-refractivity contribution in [3.8, 4) is 0 Å². The molecule has 28 heavy (non-hydrogen) atoms. The maximum absolute atomic E-state index is 4.89. The molecule has 0 amide bonds. The monoisotopic (exact) mass is 407 g/mol. The number of hydrogen-bond donors (Lipinski definition) is 2. The molecule has 0 saturated heterocycles. The highest BCUT2D eigenvalue weighted by molar-refractivity contribution is 7.10. The highest BCUT2D eigenvalue weighted by Gasteiger charge is 2.21. The van der Waals surface area contributed by atoms with Gasteiger partial charge in [-0.3, -0.25) is 9.89 Å². The number of hydrogen-bond acceptors (Lipinski definition) is 4. The number of nitrogens with one attached hydrogen (secondary N) is 2. The molecule has 2 N–H and O–H groups in total. The van der Waals surface area contributed by atoms with Crippen molar-refractivity contribution in [3.05, 3.63) is 21.9 Å². The summed E-state index contributed by atoms with van der Waals surface area (Å²) in [5.74, 6) is 0.956. The van der Waals surface area contributed by atoms with Gasteiger partial charge in [0.2, 0.25) is 0 Å². The Kier molecular flexibility index (Phi) is 10.3. The van der Waals surface area contributed by atoms with Gasteiger partial charge in [0.05, 0.1) is 6.54 Å². The first-order valence-corrected chi connectivity index (χ1v) is 12.0. The van der Waals surface area contributed by atoms with Crippen LogP contribution >= 0.6 is 11.3 Å². The molecule has 0 spiro atoms. The molecule has 1 aromatic heterocycles. The Balaban J connectivity index is 1.79. The van der Waals surface area contributed by atoms with E-state index in [1.807, 2.05) is 11.3 Å². The Morgan fingerprint density at radius 1 is 1.29 bits per heavy atom. The van der Waals surface area contributed by atoms with Crippen LogP contribution in [0.25, 0.3) is 0 Å². The zero-order valence-electron chi connectivity index (χ0n) is 18.6. The summed E-state index contributed by atoms with van der Waals surface area (Å²) in [5, 5.41) is 9.25. The van der Waals surface area contributed by atoms with E-state index in [4.69, 9.17) is 4.99 Å². The van der Waals surface area contributed by atoms with Crippen molar-refractivity contribution >= 4 is 17.3 Å². The third-order valence-corrected chi connectivity index (χ3v) is 6.73. The molecule has 0 aromatic carbocycles. The second-order valence-corrected chi connectivity index (χ2v) is 8.87. The van der Waals surface area contributed by atoms with Gasteiger partial charge in [-0.2, -0.15) is 0 Å². The van der Waals surface area contributed by atoms with E-state index in [0.29, 0.717) is 12.1 Å². The molecule has 2 heterocycles. The van der Waals surface area contributed by atoms with E-state index < -0.39 is 0 Å². The van der Waals surface area contributed by atoms with Gasteiger partial charge >= 0.3 is 0 Å². The molecule has 6 heteroatoms. The SMILES string of the molecule is CCNC(=NCC(C)N1CCc2sccc2C1)NC(C)CCCN(CC)CC. The molecule has 1 aliphatic heterocycles. The normalized spacial score (nSPS) is 17.4. The third kappa shape index (κ3) is 7.37. The minimum absolute atomic E-state index is 0.437. The minimum Gasteiger partial charge on any atom is -0.357 e. The molecule has 1 aliphatic rings. The second kappa shape index (κ2) is 12.5. The first kappa shape index (κ1) is 23.2. The summed E-state index contributed by atoms with van der Waals surface area (Å²) in [5.41, 5.74) is 1.51. The first-order valence-electron chi connectivity index (χ1n) is 11.1. The summed E-state index contributed by atoms with van der Waals surface area (Å²) in [6.45, 7) is 18.6. The van der Waals surface area contributed by atoms with E-state index >= 15 is 0 Å². The second-order valence-electron chi connectivity index (χ2n) is 7.87. The Morgan fingerprint density at radius 2 is 2.07 bits per heavy atom. The quantitative estimate of drug-likeness (QED) is 0.435. The van der Waals surface area contributed by atoms with Gasteiger partial charge in [0.25, 0.3) is 0 Å². The molecule has 0 saturated carbocycles. The maximum atomic E-state index is 4.89. The van der Waals surface area contributed by atoms with Gasteiger partial charge in [-0.1, -0.05) is 13.8 Å². The molecular formula is C22H41N5S. The summed E-state index contributed by atoms with van der Waals surface area (Å²) in [6, 6.07) is 3.18. The molecule has 2 unspecified atom stereocenters. The highest BCUT2D eigenvalue weighted by Crippen LogP contribution is 2.25. The van der Waals surface area contributed by atoms with Crippen LogP contribution in [0.2, 0.25) is 0 Å². The van der Waals surface area contributed by atoms with Gasteiger partial charge in [0.15, 0.2) is 5.96 Å². The Labute approximate surface area is 176 Å². The van der Waals surface area contributed by atoms with Crippen LogP contribution in [0, 0.1) is 0 Å². The van der Waals surface area contributed by atoms with Gasteiger partial charge in [0.1, 0.15) is 0 Å². The molecule has 0 fully saturated rings. The fourth-order valence-electron chi connectivity index (χ4n) is 3.77. The van der Waals surface area contributed by atoms with Crippen LogP contribution in [0.1, 0.15) is 57.9 Å². The van der Waals surface area contributed by atoms with Gasteiger partial charge in [0, 0.05) is 36.6 Å². The zero-order valence-corrected chi connectivity index (χ0v) is 19.4. The van der Waals surface area contributed by atoms with Crippen molar-refractivity contribution in [2.24, 2.45) is 4.99 Å². The number of fused-ring (bicyclic) bond motifs is 1. The maximum Gasteiger partial charge on any atom is 0.191 e. The number of aliphatic imine (C=N–C) groups is 1. The highest BCUT2D eigenvalue weighted by atomic mass is 32.1. The molecule has 0 aliphatic carbocycles. The number of nitrogens with zero attached hydrogens (tertiary/aromatic N) is 3. The molecule has 2 rings (SSSR count). The summed E-state index contributed by atoms with van der Waals surface area (Å²) >= 11 is 1.90. The van der Waals surface area contributed by atoms with Crippen molar-refractivity contribution in [2.75, 3.05) is 39.3 Å². The zero-order chi connectivity index (χ0) is 20.4. The summed E-state index contributed by atoms with van der Waals surface area (Å²) in [4.78, 5) is 11.5. The minimum atomic E-state index is 0.437. The largest absolute Gasteiger partial charge is 0.357 e. The summed E-state index contributed by atoms with van der Waals surface area (Å²) in [6.07, 6.45) is 3.58. The first-order chi connectivity index (χ1) is 13.6. The van der Waals surface area contributed by atoms with Crippen LogP contribution in [-0.2, 0) is 13.0 Å². The van der Waals surface area contributed by atoms with Crippen LogP contribution in [-0.4, -0.2) is 67.1 Å². The predicted molar refractivity (Wildman–Crippen MR) is 123 cm³/mol. The smallest absolute Gasteiger partial charge is 0.191 e. The van der Waals surface area contributed by atoms with Gasteiger partial charge in [-0.25, -0.2) is 0 Å². The number of rotatable bonds is 11. The molecule has 2 atom stereocenters. The standard InChI is InChI=1S/C22H41N5S/c1-6-23-22(25-18(4)10-9-13-26(7-2)8-3)24-16-19(5)27-14-11-21-20(17-27)12-15-28-21/h12,15,18-19H,6-11,13-14,16-17H2,1-5H3,(H2,23,24,25). The van der Waals surface area contributed by atoms with Crippen LogP contribution < -0.4 is 10.6 Å².